The molecular formula is C31H38F2N4O6SSi. The molecule has 242 valence electrons. The van der Waals surface area contributed by atoms with Crippen molar-refractivity contribution in [3.63, 3.8) is 0 Å². The molecule has 0 radical (unpaired) electrons. The molecule has 0 saturated heterocycles. The fourth-order valence-electron chi connectivity index (χ4n) is 4.78. The van der Waals surface area contributed by atoms with E-state index in [0.717, 1.165) is 16.4 Å². The van der Waals surface area contributed by atoms with Crippen LogP contribution in [0.4, 0.5) is 14.7 Å². The molecule has 1 aromatic heterocycles. The van der Waals surface area contributed by atoms with Crippen LogP contribution in [0.3, 0.4) is 0 Å². The molecule has 0 amide bonds. The molecule has 0 aliphatic heterocycles. The molecule has 3 aromatic carbocycles. The molecule has 0 unspecified atom stereocenters. The van der Waals surface area contributed by atoms with E-state index in [-0.39, 0.29) is 23.9 Å². The summed E-state index contributed by atoms with van der Waals surface area (Å²) in [6.45, 7) is 7.56. The molecular weight excluding hydrogens is 623 g/mol. The lowest BCUT2D eigenvalue weighted by Gasteiger charge is -2.31. The van der Waals surface area contributed by atoms with E-state index < -0.39 is 41.1 Å². The van der Waals surface area contributed by atoms with Gasteiger partial charge in [-0.25, -0.2) is 21.5 Å². The second-order valence-corrected chi connectivity index (χ2v) is 19.5. The van der Waals surface area contributed by atoms with Gasteiger partial charge in [0, 0.05) is 31.8 Å². The van der Waals surface area contributed by atoms with Crippen LogP contribution < -0.4 is 18.5 Å². The summed E-state index contributed by atoms with van der Waals surface area (Å²) < 4.78 is 76.8. The minimum atomic E-state index is -4.49. The zero-order chi connectivity index (χ0) is 33.1. The first-order chi connectivity index (χ1) is 21.2. The first-order valence-corrected chi connectivity index (χ1v) is 19.4. The Morgan fingerprint density at radius 3 is 2.16 bits per heavy atom. The third-order valence-electron chi connectivity index (χ3n) is 7.39. The lowest BCUT2D eigenvalue weighted by Crippen LogP contribution is -2.44. The van der Waals surface area contributed by atoms with Crippen molar-refractivity contribution in [3.8, 4) is 34.3 Å². The Morgan fingerprint density at radius 1 is 0.933 bits per heavy atom. The van der Waals surface area contributed by atoms with Crippen molar-refractivity contribution < 1.29 is 36.5 Å². The molecule has 45 heavy (non-hydrogen) atoms. The van der Waals surface area contributed by atoms with Crippen molar-refractivity contribution in [3.05, 3.63) is 77.9 Å². The SMILES string of the molecule is COc1cccc(-c2nnc(N(CC[Si](C)(C)C)S(=O)(=O)[C@H](C)[C@@H](O)c3ccc(F)cc3F)n2-c2c(OC)cccc2OC)c1. The maximum Gasteiger partial charge on any atom is 0.246 e. The zero-order valence-electron chi connectivity index (χ0n) is 26.3. The highest BCUT2D eigenvalue weighted by molar-refractivity contribution is 7.93. The number of nitrogens with zero attached hydrogens (tertiary/aromatic N) is 4. The van der Waals surface area contributed by atoms with E-state index in [0.29, 0.717) is 40.6 Å². The minimum Gasteiger partial charge on any atom is -0.497 e. The normalized spacial score (nSPS) is 13.3. The molecule has 0 fully saturated rings. The summed E-state index contributed by atoms with van der Waals surface area (Å²) >= 11 is 0. The molecule has 2 atom stereocenters. The van der Waals surface area contributed by atoms with Gasteiger partial charge in [-0.05, 0) is 43.3 Å². The summed E-state index contributed by atoms with van der Waals surface area (Å²) in [4.78, 5) is 0. The number of methoxy groups -OCH3 is 3. The van der Waals surface area contributed by atoms with E-state index in [1.807, 2.05) is 0 Å². The van der Waals surface area contributed by atoms with Crippen molar-refractivity contribution in [2.24, 2.45) is 0 Å². The summed E-state index contributed by atoms with van der Waals surface area (Å²) in [6.07, 6.45) is -1.82. The number of benzene rings is 3. The van der Waals surface area contributed by atoms with Crippen LogP contribution in [0.15, 0.2) is 60.7 Å². The van der Waals surface area contributed by atoms with Crippen LogP contribution in [0.25, 0.3) is 17.1 Å². The van der Waals surface area contributed by atoms with Crippen LogP contribution in [0.5, 0.6) is 17.2 Å². The molecule has 4 aromatic rings. The largest absolute Gasteiger partial charge is 0.497 e. The molecule has 14 heteroatoms. The summed E-state index contributed by atoms with van der Waals surface area (Å²) in [5, 5.41) is 18.4. The quantitative estimate of drug-likeness (QED) is 0.178. The highest BCUT2D eigenvalue weighted by Gasteiger charge is 2.40. The molecule has 10 nitrogen and oxygen atoms in total. The summed E-state index contributed by atoms with van der Waals surface area (Å²) in [6, 6.07) is 15.3. The number of halogens is 2. The van der Waals surface area contributed by atoms with Gasteiger partial charge in [0.05, 0.1) is 21.3 Å². The summed E-state index contributed by atoms with van der Waals surface area (Å²) in [5.74, 6) is -0.491. The van der Waals surface area contributed by atoms with Gasteiger partial charge in [-0.3, -0.25) is 4.57 Å². The Bertz CT molecular complexity index is 1740. The average molecular weight is 661 g/mol. The van der Waals surface area contributed by atoms with Crippen LogP contribution in [0.1, 0.15) is 18.6 Å². The number of hydrogen-bond donors (Lipinski definition) is 1. The molecule has 0 saturated carbocycles. The predicted molar refractivity (Wildman–Crippen MR) is 172 cm³/mol. The van der Waals surface area contributed by atoms with Gasteiger partial charge in [-0.15, -0.1) is 10.2 Å². The molecule has 1 heterocycles. The van der Waals surface area contributed by atoms with Crippen LogP contribution in [0, 0.1) is 11.6 Å². The number of para-hydroxylation sites is 1. The van der Waals surface area contributed by atoms with Gasteiger partial charge in [0.25, 0.3) is 0 Å². The molecule has 4 rings (SSSR count). The molecule has 1 N–H and O–H groups in total. The third kappa shape index (κ3) is 7.13. The fraction of sp³-hybridized carbons (Fsp3) is 0.355. The van der Waals surface area contributed by atoms with E-state index in [2.05, 4.69) is 29.8 Å². The number of ether oxygens (including phenoxy) is 3. The van der Waals surface area contributed by atoms with Crippen LogP contribution >= 0.6 is 0 Å². The van der Waals surface area contributed by atoms with E-state index in [1.165, 1.54) is 32.8 Å². The predicted octanol–water partition coefficient (Wildman–Crippen LogP) is 5.83. The standard InChI is InChI=1S/C31H38F2N4O6SSi/c1-20(29(38)24-15-14-22(32)19-25(24)33)44(39,40)36(16-17-45(5,6)7)31-35-34-30(21-10-8-11-23(18-21)41-2)37(31)28-26(42-3)12-9-13-27(28)43-4/h8-15,18-20,29,38H,16-17H2,1-7H3/t20-,29-/m1/s1. The Hall–Kier alpha value is -4.01. The second-order valence-electron chi connectivity index (χ2n) is 11.6. The minimum absolute atomic E-state index is 0.00523. The average Bonchev–Trinajstić information content (AvgIpc) is 3.43. The van der Waals surface area contributed by atoms with E-state index in [9.17, 15) is 22.3 Å². The lowest BCUT2D eigenvalue weighted by molar-refractivity contribution is 0.171. The number of aromatic nitrogens is 3. The van der Waals surface area contributed by atoms with Crippen molar-refractivity contribution in [2.45, 2.75) is 44.0 Å². The Balaban J connectivity index is 2.00. The van der Waals surface area contributed by atoms with Gasteiger partial charge in [-0.2, -0.15) is 0 Å². The number of anilines is 1. The van der Waals surface area contributed by atoms with Crippen LogP contribution in [0.2, 0.25) is 25.7 Å². The maximum absolute atomic E-state index is 14.7. The maximum atomic E-state index is 14.7. The van der Waals surface area contributed by atoms with E-state index in [1.54, 1.807) is 42.5 Å². The monoisotopic (exact) mass is 660 g/mol. The highest BCUT2D eigenvalue weighted by atomic mass is 32.2. The van der Waals surface area contributed by atoms with Crippen molar-refractivity contribution in [1.29, 1.82) is 0 Å². The summed E-state index contributed by atoms with van der Waals surface area (Å²) in [7, 11) is -1.88. The van der Waals surface area contributed by atoms with E-state index in [4.69, 9.17) is 14.2 Å². The molecule has 0 bridgehead atoms. The molecule has 0 aliphatic carbocycles. The smallest absolute Gasteiger partial charge is 0.246 e. The lowest BCUT2D eigenvalue weighted by atomic mass is 10.1. The van der Waals surface area contributed by atoms with Crippen molar-refractivity contribution in [1.82, 2.24) is 14.8 Å². The second kappa shape index (κ2) is 13.5. The van der Waals surface area contributed by atoms with E-state index >= 15 is 0 Å². The van der Waals surface area contributed by atoms with Gasteiger partial charge in [0.15, 0.2) is 5.82 Å². The van der Waals surface area contributed by atoms with Gasteiger partial charge in [0.1, 0.15) is 45.9 Å². The van der Waals surface area contributed by atoms with Gasteiger partial charge >= 0.3 is 0 Å². The third-order valence-corrected chi connectivity index (χ3v) is 11.3. The number of sulfonamides is 1. The first kappa shape index (κ1) is 33.9. The van der Waals surface area contributed by atoms with Gasteiger partial charge in [-0.1, -0.05) is 43.9 Å². The van der Waals surface area contributed by atoms with Gasteiger partial charge in [0.2, 0.25) is 16.0 Å². The fourth-order valence-corrected chi connectivity index (χ4v) is 7.40. The molecule has 0 aliphatic rings. The zero-order valence-corrected chi connectivity index (χ0v) is 28.1. The Kier molecular flexibility index (Phi) is 10.2. The molecule has 0 spiro atoms. The Morgan fingerprint density at radius 2 is 1.58 bits per heavy atom. The Labute approximate surface area is 263 Å². The van der Waals surface area contributed by atoms with Crippen LogP contribution in [-0.4, -0.2) is 69.5 Å². The number of aliphatic hydroxyl groups excluding tert-OH is 1. The number of aliphatic hydroxyl groups is 1. The first-order valence-electron chi connectivity index (χ1n) is 14.2. The highest BCUT2D eigenvalue weighted by Crippen LogP contribution is 2.40. The number of rotatable bonds is 13. The van der Waals surface area contributed by atoms with Crippen molar-refractivity contribution in [2.75, 3.05) is 32.2 Å². The summed E-state index contributed by atoms with van der Waals surface area (Å²) in [5.41, 5.74) is 0.555. The van der Waals surface area contributed by atoms with Crippen molar-refractivity contribution >= 4 is 24.0 Å². The van der Waals surface area contributed by atoms with Crippen LogP contribution in [-0.2, 0) is 10.0 Å². The van der Waals surface area contributed by atoms with Gasteiger partial charge < -0.3 is 19.3 Å². The number of hydrogen-bond acceptors (Lipinski definition) is 8. The topological polar surface area (TPSA) is 116 Å².